The van der Waals surface area contributed by atoms with E-state index in [0.29, 0.717) is 5.56 Å². The number of imide groups is 1. The number of non-ortho nitro benzene ring substituents is 1. The van der Waals surface area contributed by atoms with Crippen LogP contribution in [0.2, 0.25) is 0 Å². The summed E-state index contributed by atoms with van der Waals surface area (Å²) in [6, 6.07) is 11.1. The Kier molecular flexibility index (Phi) is 5.86. The Bertz CT molecular complexity index is 975. The van der Waals surface area contributed by atoms with Gasteiger partial charge in [0.25, 0.3) is 17.5 Å². The molecule has 1 N–H and O–H groups in total. The molecular formula is C19H15FN2O5S. The molecule has 0 aromatic heterocycles. The number of hydrogen-bond donors (Lipinski definition) is 1. The maximum atomic E-state index is 14.0. The molecule has 0 fully saturated rings. The average molecular weight is 402 g/mol. The van der Waals surface area contributed by atoms with Gasteiger partial charge in [-0.05, 0) is 23.8 Å². The number of aliphatic hydroxyl groups excluding tert-OH is 1. The van der Waals surface area contributed by atoms with Gasteiger partial charge in [-0.2, -0.15) is 0 Å². The van der Waals surface area contributed by atoms with Crippen LogP contribution in [-0.2, 0) is 16.1 Å². The fraction of sp³-hybridized carbons (Fsp3) is 0.158. The Hall–Kier alpha value is -3.04. The van der Waals surface area contributed by atoms with Gasteiger partial charge in [0.05, 0.1) is 28.6 Å². The van der Waals surface area contributed by atoms with E-state index in [-0.39, 0.29) is 40.6 Å². The van der Waals surface area contributed by atoms with E-state index in [1.165, 1.54) is 42.5 Å². The zero-order valence-corrected chi connectivity index (χ0v) is 15.3. The lowest BCUT2D eigenvalue weighted by atomic mass is 10.1. The largest absolute Gasteiger partial charge is 0.396 e. The van der Waals surface area contributed by atoms with Gasteiger partial charge >= 0.3 is 0 Å². The molecule has 144 valence electrons. The summed E-state index contributed by atoms with van der Waals surface area (Å²) < 4.78 is 14.0. The number of nitrogens with zero attached hydrogens (tertiary/aromatic N) is 2. The van der Waals surface area contributed by atoms with Gasteiger partial charge in [-0.1, -0.05) is 18.2 Å². The zero-order chi connectivity index (χ0) is 20.3. The highest BCUT2D eigenvalue weighted by molar-refractivity contribution is 8.04. The highest BCUT2D eigenvalue weighted by Gasteiger charge is 2.39. The number of hydrogen-bond acceptors (Lipinski definition) is 6. The molecule has 28 heavy (non-hydrogen) atoms. The number of amides is 2. The molecule has 0 saturated carbocycles. The SMILES string of the molecule is O=C1C(SCCO)=C(c2ccc([N+](=O)[O-])cc2)C(=O)N1Cc1ccccc1F. The van der Waals surface area contributed by atoms with Gasteiger partial charge < -0.3 is 5.11 Å². The molecule has 3 rings (SSSR count). The summed E-state index contributed by atoms with van der Waals surface area (Å²) in [7, 11) is 0. The fourth-order valence-corrected chi connectivity index (χ4v) is 3.66. The second-order valence-electron chi connectivity index (χ2n) is 5.87. The molecule has 1 heterocycles. The molecule has 7 nitrogen and oxygen atoms in total. The minimum Gasteiger partial charge on any atom is -0.396 e. The third-order valence-corrected chi connectivity index (χ3v) is 5.17. The molecular weight excluding hydrogens is 387 g/mol. The molecule has 0 aliphatic carbocycles. The standard InChI is InChI=1S/C19H15FN2O5S/c20-15-4-2-1-3-13(15)11-21-18(24)16(17(19(21)25)28-10-9-23)12-5-7-14(8-6-12)22(26)27/h1-8,23H,9-11H2. The monoisotopic (exact) mass is 402 g/mol. The highest BCUT2D eigenvalue weighted by Crippen LogP contribution is 2.37. The lowest BCUT2D eigenvalue weighted by Crippen LogP contribution is -2.31. The highest BCUT2D eigenvalue weighted by atomic mass is 32.2. The van der Waals surface area contributed by atoms with E-state index in [2.05, 4.69) is 0 Å². The van der Waals surface area contributed by atoms with Gasteiger partial charge in [0.1, 0.15) is 5.82 Å². The van der Waals surface area contributed by atoms with Crippen LogP contribution < -0.4 is 0 Å². The molecule has 0 saturated heterocycles. The molecule has 0 bridgehead atoms. The quantitative estimate of drug-likeness (QED) is 0.434. The van der Waals surface area contributed by atoms with E-state index in [9.17, 15) is 24.1 Å². The predicted octanol–water partition coefficient (Wildman–Crippen LogP) is 2.74. The van der Waals surface area contributed by atoms with E-state index in [1.807, 2.05) is 0 Å². The van der Waals surface area contributed by atoms with Crippen molar-refractivity contribution in [3.05, 3.63) is 80.5 Å². The number of thioether (sulfide) groups is 1. The summed E-state index contributed by atoms with van der Waals surface area (Å²) >= 11 is 1.02. The van der Waals surface area contributed by atoms with Gasteiger partial charge in [0.2, 0.25) is 0 Å². The van der Waals surface area contributed by atoms with Crippen LogP contribution in [0.25, 0.3) is 5.57 Å². The van der Waals surface area contributed by atoms with E-state index < -0.39 is 22.6 Å². The summed E-state index contributed by atoms with van der Waals surface area (Å²) in [6.07, 6.45) is 0. The molecule has 0 unspecified atom stereocenters. The molecule has 0 atom stereocenters. The van der Waals surface area contributed by atoms with Crippen LogP contribution >= 0.6 is 11.8 Å². The zero-order valence-electron chi connectivity index (χ0n) is 14.5. The number of carbonyl (C=O) groups excluding carboxylic acids is 2. The van der Waals surface area contributed by atoms with Crippen LogP contribution in [-0.4, -0.2) is 39.1 Å². The van der Waals surface area contributed by atoms with Crippen LogP contribution in [0.5, 0.6) is 0 Å². The van der Waals surface area contributed by atoms with Gasteiger partial charge in [0, 0.05) is 23.4 Å². The number of halogens is 1. The van der Waals surface area contributed by atoms with E-state index >= 15 is 0 Å². The van der Waals surface area contributed by atoms with Crippen molar-refractivity contribution in [3.63, 3.8) is 0 Å². The van der Waals surface area contributed by atoms with Crippen molar-refractivity contribution in [1.29, 1.82) is 0 Å². The lowest BCUT2D eigenvalue weighted by Gasteiger charge is -2.15. The van der Waals surface area contributed by atoms with Crippen molar-refractivity contribution in [1.82, 2.24) is 4.90 Å². The maximum Gasteiger partial charge on any atom is 0.269 e. The first-order valence-electron chi connectivity index (χ1n) is 8.26. The number of benzene rings is 2. The molecule has 9 heteroatoms. The normalized spacial score (nSPS) is 14.1. The summed E-state index contributed by atoms with van der Waals surface area (Å²) in [5.74, 6) is -1.53. The van der Waals surface area contributed by atoms with Crippen molar-refractivity contribution in [2.24, 2.45) is 0 Å². The topological polar surface area (TPSA) is 101 Å². The van der Waals surface area contributed by atoms with Crippen molar-refractivity contribution >= 4 is 34.8 Å². The van der Waals surface area contributed by atoms with Crippen molar-refractivity contribution < 1.29 is 24.0 Å². The van der Waals surface area contributed by atoms with Crippen LogP contribution in [0.15, 0.2) is 53.4 Å². The van der Waals surface area contributed by atoms with E-state index in [4.69, 9.17) is 5.11 Å². The molecule has 0 spiro atoms. The summed E-state index contributed by atoms with van der Waals surface area (Å²) in [6.45, 7) is -0.430. The smallest absolute Gasteiger partial charge is 0.269 e. The number of nitro benzene ring substituents is 1. The third kappa shape index (κ3) is 3.80. The van der Waals surface area contributed by atoms with Crippen LogP contribution in [0.1, 0.15) is 11.1 Å². The maximum absolute atomic E-state index is 14.0. The Labute approximate surface area is 163 Å². The number of nitro groups is 1. The summed E-state index contributed by atoms with van der Waals surface area (Å²) in [5, 5.41) is 19.9. The number of rotatable bonds is 7. The van der Waals surface area contributed by atoms with Gasteiger partial charge in [-0.3, -0.25) is 24.6 Å². The van der Waals surface area contributed by atoms with Crippen molar-refractivity contribution in [2.75, 3.05) is 12.4 Å². The summed E-state index contributed by atoms with van der Waals surface area (Å²) in [5.41, 5.74) is 0.490. The Morgan fingerprint density at radius 1 is 1.07 bits per heavy atom. The van der Waals surface area contributed by atoms with Crippen LogP contribution in [0.3, 0.4) is 0 Å². The molecule has 2 aromatic carbocycles. The van der Waals surface area contributed by atoms with E-state index in [1.54, 1.807) is 6.07 Å². The first-order valence-corrected chi connectivity index (χ1v) is 9.25. The Morgan fingerprint density at radius 3 is 2.36 bits per heavy atom. The minimum absolute atomic E-state index is 0.0923. The molecule has 2 aromatic rings. The van der Waals surface area contributed by atoms with Crippen LogP contribution in [0.4, 0.5) is 10.1 Å². The average Bonchev–Trinajstić information content (AvgIpc) is 2.92. The lowest BCUT2D eigenvalue weighted by molar-refractivity contribution is -0.384. The van der Waals surface area contributed by atoms with E-state index in [0.717, 1.165) is 16.7 Å². The fourth-order valence-electron chi connectivity index (χ4n) is 2.78. The second-order valence-corrected chi connectivity index (χ2v) is 6.97. The second kappa shape index (κ2) is 8.32. The van der Waals surface area contributed by atoms with Crippen LogP contribution in [0, 0.1) is 15.9 Å². The van der Waals surface area contributed by atoms with Crippen molar-refractivity contribution in [3.8, 4) is 0 Å². The first-order chi connectivity index (χ1) is 13.4. The molecule has 0 radical (unpaired) electrons. The third-order valence-electron chi connectivity index (χ3n) is 4.12. The number of carbonyl (C=O) groups is 2. The Morgan fingerprint density at radius 2 is 1.75 bits per heavy atom. The van der Waals surface area contributed by atoms with Gasteiger partial charge in [-0.15, -0.1) is 11.8 Å². The van der Waals surface area contributed by atoms with Gasteiger partial charge in [-0.25, -0.2) is 4.39 Å². The molecule has 1 aliphatic heterocycles. The first kappa shape index (κ1) is 19.7. The summed E-state index contributed by atoms with van der Waals surface area (Å²) in [4.78, 5) is 37.1. The molecule has 2 amide bonds. The number of aliphatic hydroxyl groups is 1. The molecule has 1 aliphatic rings. The van der Waals surface area contributed by atoms with Gasteiger partial charge in [0.15, 0.2) is 0 Å². The Balaban J connectivity index is 1.97. The predicted molar refractivity (Wildman–Crippen MR) is 102 cm³/mol. The van der Waals surface area contributed by atoms with Crippen molar-refractivity contribution in [2.45, 2.75) is 6.54 Å². The minimum atomic E-state index is -0.609.